The van der Waals surface area contributed by atoms with E-state index in [4.69, 9.17) is 0 Å². The first-order chi connectivity index (χ1) is 21.3. The predicted octanol–water partition coefficient (Wildman–Crippen LogP) is 13.2. The summed E-state index contributed by atoms with van der Waals surface area (Å²) in [6.07, 6.45) is 42.1. The molecule has 5 heteroatoms. The van der Waals surface area contributed by atoms with Crippen LogP contribution in [0.15, 0.2) is 30.3 Å². The van der Waals surface area contributed by atoms with Gasteiger partial charge in [0.15, 0.2) is 0 Å². The van der Waals surface area contributed by atoms with Gasteiger partial charge in [-0.25, -0.2) is 8.42 Å². The molecular weight excluding hydrogens is 579 g/mol. The van der Waals surface area contributed by atoms with E-state index in [2.05, 4.69) is 27.7 Å². The Hall–Kier alpha value is -0.440. The molecule has 0 aliphatic rings. The SMILES string of the molecule is CCCCCCCC[P+](CCCCCCCC)(CCCCCCCC)CCCCCCCC.O=S(=O)([O-])Cc1ccccc1. The average Bonchev–Trinajstić information content (AvgIpc) is 3.00. The fraction of sp³-hybridized carbons (Fsp3) is 0.846. The number of unbranched alkanes of at least 4 members (excludes halogenated alkanes) is 20. The van der Waals surface area contributed by atoms with Crippen LogP contribution >= 0.6 is 7.26 Å². The molecule has 0 saturated carbocycles. The van der Waals surface area contributed by atoms with Crippen molar-refractivity contribution < 1.29 is 13.0 Å². The largest absolute Gasteiger partial charge is 0.748 e. The summed E-state index contributed by atoms with van der Waals surface area (Å²) < 4.78 is 30.7. The molecule has 0 amide bonds. The van der Waals surface area contributed by atoms with Crippen molar-refractivity contribution in [1.29, 1.82) is 0 Å². The minimum Gasteiger partial charge on any atom is -0.748 e. The Balaban J connectivity index is 0.00000139. The van der Waals surface area contributed by atoms with E-state index < -0.39 is 23.1 Å². The normalized spacial score (nSPS) is 11.8. The Labute approximate surface area is 277 Å². The van der Waals surface area contributed by atoms with Crippen molar-refractivity contribution in [2.24, 2.45) is 0 Å². The van der Waals surface area contributed by atoms with Gasteiger partial charge in [-0.3, -0.25) is 0 Å². The highest BCUT2D eigenvalue weighted by molar-refractivity contribution is 7.84. The van der Waals surface area contributed by atoms with Crippen LogP contribution in [0.25, 0.3) is 0 Å². The first-order valence-electron chi connectivity index (χ1n) is 19.1. The predicted molar refractivity (Wildman–Crippen MR) is 200 cm³/mol. The fourth-order valence-corrected chi connectivity index (χ4v) is 11.9. The van der Waals surface area contributed by atoms with E-state index in [1.165, 1.54) is 128 Å². The zero-order valence-corrected chi connectivity index (χ0v) is 31.7. The van der Waals surface area contributed by atoms with Crippen molar-refractivity contribution in [2.75, 3.05) is 24.6 Å². The molecule has 0 fully saturated rings. The fourth-order valence-electron chi connectivity index (χ4n) is 6.36. The Kier molecular flexibility index (Phi) is 30.9. The standard InChI is InChI=1S/C32H68P.C7H8O3S/c1-5-9-13-17-21-25-29-33(30-26-22-18-14-10-6-2,31-27-23-19-15-11-7-3)32-28-24-20-16-12-8-4;8-11(9,10)6-7-4-2-1-3-5-7/h5-32H2,1-4H3;1-5H,6H2,(H,8,9,10)/q+1;/p-1. The summed E-state index contributed by atoms with van der Waals surface area (Å²) in [5.41, 5.74) is 0.530. The third-order valence-electron chi connectivity index (χ3n) is 9.13. The van der Waals surface area contributed by atoms with Gasteiger partial charge in [0.05, 0.1) is 40.5 Å². The van der Waals surface area contributed by atoms with Crippen molar-refractivity contribution in [3.8, 4) is 0 Å². The summed E-state index contributed by atoms with van der Waals surface area (Å²) in [7, 11) is -4.85. The first-order valence-corrected chi connectivity index (χ1v) is 23.3. The molecule has 0 bridgehead atoms. The van der Waals surface area contributed by atoms with E-state index >= 15 is 0 Å². The quantitative estimate of drug-likeness (QED) is 0.0471. The molecule has 0 unspecified atom stereocenters. The molecular formula is C39H75O3PS. The highest BCUT2D eigenvalue weighted by atomic mass is 32.2. The van der Waals surface area contributed by atoms with Gasteiger partial charge in [0.25, 0.3) is 0 Å². The van der Waals surface area contributed by atoms with Gasteiger partial charge in [-0.15, -0.1) is 0 Å². The summed E-state index contributed by atoms with van der Waals surface area (Å²) in [5.74, 6) is -0.423. The molecule has 260 valence electrons. The summed E-state index contributed by atoms with van der Waals surface area (Å²) >= 11 is 0. The molecule has 0 aromatic heterocycles. The first kappa shape index (κ1) is 43.6. The molecule has 0 aliphatic carbocycles. The van der Waals surface area contributed by atoms with E-state index in [1.54, 1.807) is 80.7 Å². The molecule has 0 aliphatic heterocycles. The molecule has 1 aromatic rings. The van der Waals surface area contributed by atoms with Gasteiger partial charge in [0.1, 0.15) is 0 Å². The summed E-state index contributed by atoms with van der Waals surface area (Å²) in [6, 6.07) is 8.37. The van der Waals surface area contributed by atoms with E-state index in [-0.39, 0.29) is 0 Å². The molecule has 0 N–H and O–H groups in total. The maximum atomic E-state index is 10.2. The Morgan fingerprint density at radius 1 is 0.455 bits per heavy atom. The molecule has 0 atom stereocenters. The van der Waals surface area contributed by atoms with Crippen LogP contribution in [0.3, 0.4) is 0 Å². The second-order valence-electron chi connectivity index (χ2n) is 13.5. The molecule has 3 nitrogen and oxygen atoms in total. The van der Waals surface area contributed by atoms with Gasteiger partial charge in [0.2, 0.25) is 0 Å². The maximum absolute atomic E-state index is 10.2. The lowest BCUT2D eigenvalue weighted by Crippen LogP contribution is -2.13. The molecule has 1 rings (SSSR count). The Morgan fingerprint density at radius 2 is 0.727 bits per heavy atom. The summed E-state index contributed by atoms with van der Waals surface area (Å²) in [5, 5.41) is 0. The number of hydrogen-bond donors (Lipinski definition) is 0. The number of benzene rings is 1. The van der Waals surface area contributed by atoms with Crippen LogP contribution in [-0.4, -0.2) is 37.6 Å². The molecule has 0 radical (unpaired) electrons. The second-order valence-corrected chi connectivity index (χ2v) is 19.4. The maximum Gasteiger partial charge on any atom is 0.0988 e. The van der Waals surface area contributed by atoms with Gasteiger partial charge in [-0.05, 0) is 56.9 Å². The average molecular weight is 655 g/mol. The smallest absolute Gasteiger partial charge is 0.0988 e. The van der Waals surface area contributed by atoms with Gasteiger partial charge in [0, 0.05) is 7.26 Å². The zero-order chi connectivity index (χ0) is 32.6. The van der Waals surface area contributed by atoms with Gasteiger partial charge in [-0.1, -0.05) is 161 Å². The molecule has 0 spiro atoms. The van der Waals surface area contributed by atoms with E-state index in [9.17, 15) is 13.0 Å². The number of hydrogen-bond acceptors (Lipinski definition) is 3. The van der Waals surface area contributed by atoms with Crippen molar-refractivity contribution >= 4 is 17.4 Å². The zero-order valence-electron chi connectivity index (χ0n) is 30.0. The van der Waals surface area contributed by atoms with Gasteiger partial charge >= 0.3 is 0 Å². The third-order valence-corrected chi connectivity index (χ3v) is 14.9. The molecule has 44 heavy (non-hydrogen) atoms. The monoisotopic (exact) mass is 655 g/mol. The van der Waals surface area contributed by atoms with Crippen molar-refractivity contribution in [1.82, 2.24) is 0 Å². The highest BCUT2D eigenvalue weighted by Gasteiger charge is 2.34. The van der Waals surface area contributed by atoms with Crippen LogP contribution in [0, 0.1) is 0 Å². The lowest BCUT2D eigenvalue weighted by molar-refractivity contribution is 0.462. The Morgan fingerprint density at radius 3 is 1.00 bits per heavy atom. The minimum atomic E-state index is -4.13. The minimum absolute atomic E-state index is 0.423. The molecule has 0 saturated heterocycles. The summed E-state index contributed by atoms with van der Waals surface area (Å²) in [4.78, 5) is 0. The van der Waals surface area contributed by atoms with Crippen LogP contribution in [0.5, 0.6) is 0 Å². The Bertz CT molecular complexity index is 742. The van der Waals surface area contributed by atoms with Crippen LogP contribution in [0.4, 0.5) is 0 Å². The van der Waals surface area contributed by atoms with Crippen molar-refractivity contribution in [3.05, 3.63) is 35.9 Å². The van der Waals surface area contributed by atoms with Crippen LogP contribution in [0.2, 0.25) is 0 Å². The van der Waals surface area contributed by atoms with Gasteiger partial charge < -0.3 is 4.55 Å². The molecule has 1 aromatic carbocycles. The van der Waals surface area contributed by atoms with E-state index in [1.807, 2.05) is 0 Å². The lowest BCUT2D eigenvalue weighted by Gasteiger charge is -2.28. The van der Waals surface area contributed by atoms with Crippen LogP contribution in [-0.2, 0) is 15.9 Å². The van der Waals surface area contributed by atoms with Crippen molar-refractivity contribution in [3.63, 3.8) is 0 Å². The van der Waals surface area contributed by atoms with Crippen molar-refractivity contribution in [2.45, 2.75) is 188 Å². The molecule has 0 heterocycles. The third kappa shape index (κ3) is 29.0. The topological polar surface area (TPSA) is 57.2 Å². The van der Waals surface area contributed by atoms with E-state index in [0.29, 0.717) is 5.56 Å². The van der Waals surface area contributed by atoms with Crippen LogP contribution in [0.1, 0.15) is 187 Å². The van der Waals surface area contributed by atoms with Crippen LogP contribution < -0.4 is 0 Å². The lowest BCUT2D eigenvalue weighted by atomic mass is 10.1. The summed E-state index contributed by atoms with van der Waals surface area (Å²) in [6.45, 7) is 9.38. The second kappa shape index (κ2) is 31.2. The van der Waals surface area contributed by atoms with E-state index in [0.717, 1.165) is 0 Å². The number of rotatable bonds is 30. The van der Waals surface area contributed by atoms with Gasteiger partial charge in [-0.2, -0.15) is 0 Å². The highest BCUT2D eigenvalue weighted by Crippen LogP contribution is 2.61.